The van der Waals surface area contributed by atoms with Crippen LogP contribution >= 0.6 is 0 Å². The summed E-state index contributed by atoms with van der Waals surface area (Å²) in [5, 5.41) is 0. The van der Waals surface area contributed by atoms with Crippen molar-refractivity contribution in [1.82, 2.24) is 0 Å². The molecule has 170 valence electrons. The van der Waals surface area contributed by atoms with E-state index in [0.717, 1.165) is 11.1 Å². The van der Waals surface area contributed by atoms with Gasteiger partial charge in [-0.2, -0.15) is 16.8 Å². The van der Waals surface area contributed by atoms with Crippen molar-refractivity contribution in [1.29, 1.82) is 0 Å². The summed E-state index contributed by atoms with van der Waals surface area (Å²) in [4.78, 5) is 0.0389. The normalized spacial score (nSPS) is 21.3. The maximum Gasteiger partial charge on any atom is 0.297 e. The van der Waals surface area contributed by atoms with Gasteiger partial charge in [-0.1, -0.05) is 35.4 Å². The van der Waals surface area contributed by atoms with Gasteiger partial charge in [0.2, 0.25) is 0 Å². The Morgan fingerprint density at radius 2 is 1.03 bits per heavy atom. The first kappa shape index (κ1) is 23.8. The Kier molecular flexibility index (Phi) is 6.90. The lowest BCUT2D eigenvalue weighted by Gasteiger charge is -2.17. The molecule has 1 heterocycles. The maximum absolute atomic E-state index is 12.5. The highest BCUT2D eigenvalue weighted by molar-refractivity contribution is 7.87. The molecule has 0 bridgehead atoms. The van der Waals surface area contributed by atoms with Crippen molar-refractivity contribution in [3.05, 3.63) is 59.7 Å². The van der Waals surface area contributed by atoms with E-state index in [-0.39, 0.29) is 23.0 Å². The Bertz CT molecular complexity index is 1020. The SMILES string of the molecule is Cc1ccc(S(=O)(=O)OC[C@@H]2OC(C)(C)O[C@@H]2COS(=O)(=O)c2ccc(C)cc2)cc1. The molecule has 1 fully saturated rings. The summed E-state index contributed by atoms with van der Waals surface area (Å²) in [7, 11) is -8.02. The van der Waals surface area contributed by atoms with Crippen LogP contribution in [0.1, 0.15) is 25.0 Å². The fraction of sp³-hybridized carbons (Fsp3) is 0.429. The molecule has 1 saturated heterocycles. The molecule has 0 unspecified atom stereocenters. The van der Waals surface area contributed by atoms with Crippen molar-refractivity contribution in [2.75, 3.05) is 13.2 Å². The molecule has 0 radical (unpaired) electrons. The zero-order valence-corrected chi connectivity index (χ0v) is 19.4. The van der Waals surface area contributed by atoms with Gasteiger partial charge in [0.25, 0.3) is 20.2 Å². The highest BCUT2D eigenvalue weighted by Crippen LogP contribution is 2.30. The van der Waals surface area contributed by atoms with E-state index >= 15 is 0 Å². The maximum atomic E-state index is 12.5. The van der Waals surface area contributed by atoms with Crippen LogP contribution in [0.15, 0.2) is 58.3 Å². The molecule has 0 N–H and O–H groups in total. The fourth-order valence-electron chi connectivity index (χ4n) is 3.05. The zero-order valence-electron chi connectivity index (χ0n) is 17.8. The van der Waals surface area contributed by atoms with Crippen LogP contribution in [0.5, 0.6) is 0 Å². The van der Waals surface area contributed by atoms with Crippen molar-refractivity contribution in [3.63, 3.8) is 0 Å². The number of rotatable bonds is 8. The van der Waals surface area contributed by atoms with Crippen molar-refractivity contribution in [2.45, 2.75) is 55.5 Å². The molecule has 0 saturated carbocycles. The van der Waals surface area contributed by atoms with Crippen LogP contribution in [0, 0.1) is 13.8 Å². The van der Waals surface area contributed by atoms with E-state index in [1.165, 1.54) is 24.3 Å². The van der Waals surface area contributed by atoms with Crippen LogP contribution in [0.3, 0.4) is 0 Å². The van der Waals surface area contributed by atoms with E-state index in [1.54, 1.807) is 38.1 Å². The molecular weight excluding hydrogens is 444 g/mol. The van der Waals surface area contributed by atoms with E-state index < -0.39 is 38.2 Å². The Morgan fingerprint density at radius 3 is 1.35 bits per heavy atom. The summed E-state index contributed by atoms with van der Waals surface area (Å²) < 4.78 is 71.5. The molecule has 1 aliphatic heterocycles. The lowest BCUT2D eigenvalue weighted by Crippen LogP contribution is -2.33. The van der Waals surface area contributed by atoms with Crippen LogP contribution in [0.25, 0.3) is 0 Å². The molecule has 2 atom stereocenters. The van der Waals surface area contributed by atoms with Gasteiger partial charge in [-0.3, -0.25) is 8.37 Å². The minimum Gasteiger partial charge on any atom is -0.342 e. The quantitative estimate of drug-likeness (QED) is 0.542. The van der Waals surface area contributed by atoms with Crippen LogP contribution in [0.4, 0.5) is 0 Å². The van der Waals surface area contributed by atoms with E-state index in [2.05, 4.69) is 0 Å². The third-order valence-electron chi connectivity index (χ3n) is 4.68. The third kappa shape index (κ3) is 6.12. The van der Waals surface area contributed by atoms with E-state index in [9.17, 15) is 16.8 Å². The van der Waals surface area contributed by atoms with Gasteiger partial charge in [-0.25, -0.2) is 0 Å². The molecule has 2 aromatic carbocycles. The summed E-state index contributed by atoms with van der Waals surface area (Å²) in [6, 6.07) is 12.5. The van der Waals surface area contributed by atoms with Crippen LogP contribution in [-0.2, 0) is 38.1 Å². The van der Waals surface area contributed by atoms with E-state index in [1.807, 2.05) is 13.8 Å². The Morgan fingerprint density at radius 1 is 0.710 bits per heavy atom. The second-order valence-corrected chi connectivity index (χ2v) is 11.0. The van der Waals surface area contributed by atoms with Crippen LogP contribution < -0.4 is 0 Å². The van der Waals surface area contributed by atoms with Gasteiger partial charge in [0, 0.05) is 0 Å². The number of aryl methyl sites for hydroxylation is 2. The Balaban J connectivity index is 1.67. The average molecular weight is 471 g/mol. The summed E-state index contributed by atoms with van der Waals surface area (Å²) in [6.45, 7) is 6.28. The number of hydrogen-bond acceptors (Lipinski definition) is 8. The van der Waals surface area contributed by atoms with Gasteiger partial charge < -0.3 is 9.47 Å². The first-order valence-corrected chi connectivity index (χ1v) is 12.5. The Hall–Kier alpha value is -1.82. The molecule has 0 aliphatic carbocycles. The van der Waals surface area contributed by atoms with Gasteiger partial charge >= 0.3 is 0 Å². The average Bonchev–Trinajstić information content (AvgIpc) is 2.99. The molecule has 10 heteroatoms. The molecular formula is C21H26O8S2. The second kappa shape index (κ2) is 8.97. The van der Waals surface area contributed by atoms with Crippen molar-refractivity contribution in [3.8, 4) is 0 Å². The smallest absolute Gasteiger partial charge is 0.297 e. The summed E-state index contributed by atoms with van der Waals surface area (Å²) >= 11 is 0. The summed E-state index contributed by atoms with van der Waals surface area (Å²) in [5.74, 6) is -1.05. The van der Waals surface area contributed by atoms with Gasteiger partial charge in [-0.15, -0.1) is 0 Å². The van der Waals surface area contributed by atoms with Gasteiger partial charge in [0.1, 0.15) is 12.2 Å². The minimum absolute atomic E-state index is 0.0195. The van der Waals surface area contributed by atoms with E-state index in [0.29, 0.717) is 0 Å². The molecule has 0 aromatic heterocycles. The van der Waals surface area contributed by atoms with Crippen LogP contribution in [-0.4, -0.2) is 48.0 Å². The van der Waals surface area contributed by atoms with Gasteiger partial charge in [0.05, 0.1) is 23.0 Å². The third-order valence-corrected chi connectivity index (χ3v) is 7.27. The lowest BCUT2D eigenvalue weighted by atomic mass is 10.2. The van der Waals surface area contributed by atoms with Crippen LogP contribution in [0.2, 0.25) is 0 Å². The van der Waals surface area contributed by atoms with E-state index in [4.69, 9.17) is 17.8 Å². The first-order chi connectivity index (χ1) is 14.4. The number of hydrogen-bond donors (Lipinski definition) is 0. The highest BCUT2D eigenvalue weighted by Gasteiger charge is 2.43. The Labute approximate surface area is 183 Å². The molecule has 1 aliphatic rings. The lowest BCUT2D eigenvalue weighted by molar-refractivity contribution is -0.150. The molecule has 0 spiro atoms. The topological polar surface area (TPSA) is 105 Å². The molecule has 8 nitrogen and oxygen atoms in total. The minimum atomic E-state index is -4.01. The fourth-order valence-corrected chi connectivity index (χ4v) is 4.89. The molecule has 3 rings (SSSR count). The summed E-state index contributed by atoms with van der Waals surface area (Å²) in [6.07, 6.45) is -1.69. The molecule has 0 amide bonds. The predicted molar refractivity (Wildman–Crippen MR) is 112 cm³/mol. The zero-order chi connectivity index (χ0) is 22.9. The summed E-state index contributed by atoms with van der Waals surface area (Å²) in [5.41, 5.74) is 1.83. The van der Waals surface area contributed by atoms with Gasteiger partial charge in [-0.05, 0) is 52.0 Å². The predicted octanol–water partition coefficient (Wildman–Crippen LogP) is 2.93. The van der Waals surface area contributed by atoms with Crippen molar-refractivity contribution >= 4 is 20.2 Å². The number of benzene rings is 2. The standard InChI is InChI=1S/C21H26O8S2/c1-15-5-9-17(10-6-15)30(22,23)26-13-19-20(29-21(3,4)28-19)14-27-31(24,25)18-11-7-16(2)8-12-18/h5-12,19-20H,13-14H2,1-4H3/t19-,20+. The monoisotopic (exact) mass is 470 g/mol. The highest BCUT2D eigenvalue weighted by atomic mass is 32.2. The van der Waals surface area contributed by atoms with Crippen molar-refractivity contribution < 1.29 is 34.7 Å². The number of ether oxygens (including phenoxy) is 2. The molecule has 2 aromatic rings. The first-order valence-electron chi connectivity index (χ1n) is 9.66. The second-order valence-electron chi connectivity index (χ2n) is 7.82. The van der Waals surface area contributed by atoms with Crippen molar-refractivity contribution in [2.24, 2.45) is 0 Å². The van der Waals surface area contributed by atoms with Gasteiger partial charge in [0.15, 0.2) is 5.79 Å². The molecule has 31 heavy (non-hydrogen) atoms. The largest absolute Gasteiger partial charge is 0.342 e.